The van der Waals surface area contributed by atoms with Crippen molar-refractivity contribution in [3.63, 3.8) is 0 Å². The molecule has 0 rings (SSSR count). The van der Waals surface area contributed by atoms with Crippen LogP contribution < -0.4 is 0 Å². The number of unbranched alkanes of at least 4 members (excludes halogenated alkanes) is 56. The number of rotatable bonds is 70. The summed E-state index contributed by atoms with van der Waals surface area (Å²) in [4.78, 5) is 0. The van der Waals surface area contributed by atoms with Crippen LogP contribution in [0.15, 0.2) is 24.3 Å². The quantitative estimate of drug-likeness (QED) is 0.0193. The smallest absolute Gasteiger partial charge is 0.726 e. The van der Waals surface area contributed by atoms with Crippen LogP contribution >= 0.6 is 0 Å². The van der Waals surface area contributed by atoms with Crippen LogP contribution in [-0.2, 0) is 29.2 Å². The van der Waals surface area contributed by atoms with Gasteiger partial charge in [0, 0.05) is 11.8 Å². The molecule has 0 saturated carbocycles. The molecule has 0 heterocycles. The van der Waals surface area contributed by atoms with Gasteiger partial charge in [0.25, 0.3) is 0 Å². The standard InChI is InChI=1S/2C37H74O4S.Ca/c2*1-3-5-7-9-11-13-15-17-19-21-23-25-27-29-31-33-35-37(36-41-42(38,39)40)34-32-30-28-26-24-22-20-18-16-14-12-10-8-6-4-2;/h2*32,34,37H,3-31,33,35-36H2,1-2H3,(H,38,39,40);/q;;+2/p-2/b2*34-32+;. The van der Waals surface area contributed by atoms with E-state index in [0.717, 1.165) is 38.5 Å². The zero-order valence-electron chi connectivity index (χ0n) is 57.5. The van der Waals surface area contributed by atoms with E-state index in [-0.39, 0.29) is 62.8 Å². The first-order valence-corrected chi connectivity index (χ1v) is 40.2. The molecule has 0 aromatic heterocycles. The Balaban J connectivity index is -0.00000156. The van der Waals surface area contributed by atoms with Crippen molar-refractivity contribution < 1.29 is 34.3 Å². The molecule has 0 radical (unpaired) electrons. The summed E-state index contributed by atoms with van der Waals surface area (Å²) in [5.41, 5.74) is 0. The van der Waals surface area contributed by atoms with Crippen LogP contribution in [0.4, 0.5) is 0 Å². The normalized spacial score (nSPS) is 12.8. The summed E-state index contributed by atoms with van der Waals surface area (Å²) < 4.78 is 75.0. The molecular formula is C74H146CaO8S2. The summed E-state index contributed by atoms with van der Waals surface area (Å²) >= 11 is 0. The molecule has 0 aliphatic carbocycles. The number of hydrogen-bond donors (Lipinski definition) is 0. The maximum atomic E-state index is 11.0. The summed E-state index contributed by atoms with van der Waals surface area (Å²) in [5, 5.41) is 0. The zero-order valence-corrected chi connectivity index (χ0v) is 61.3. The predicted molar refractivity (Wildman–Crippen MR) is 371 cm³/mol. The summed E-state index contributed by atoms with van der Waals surface area (Å²) in [6.07, 6.45) is 90.6. The molecule has 0 aromatic rings. The van der Waals surface area contributed by atoms with Gasteiger partial charge in [-0.05, 0) is 38.5 Å². The van der Waals surface area contributed by atoms with Crippen LogP contribution in [0.5, 0.6) is 0 Å². The molecule has 2 atom stereocenters. The molecule has 0 aromatic carbocycles. The summed E-state index contributed by atoms with van der Waals surface area (Å²) in [5.74, 6) is 0.0321. The van der Waals surface area contributed by atoms with Crippen molar-refractivity contribution in [3.05, 3.63) is 24.3 Å². The molecular weight excluding hydrogens is 1120 g/mol. The summed E-state index contributed by atoms with van der Waals surface area (Å²) in [7, 11) is -9.25. The third-order valence-corrected chi connectivity index (χ3v) is 18.3. The fourth-order valence-electron chi connectivity index (χ4n) is 11.9. The van der Waals surface area contributed by atoms with E-state index in [1.165, 1.54) is 360 Å². The fourth-order valence-corrected chi connectivity index (χ4v) is 12.5. The Hall–Kier alpha value is 0.480. The predicted octanol–water partition coefficient (Wildman–Crippen LogP) is 25.2. The van der Waals surface area contributed by atoms with Crippen molar-refractivity contribution in [2.45, 2.75) is 426 Å². The minimum Gasteiger partial charge on any atom is -0.726 e. The second-order valence-corrected chi connectivity index (χ2v) is 28.1. The summed E-state index contributed by atoms with van der Waals surface area (Å²) in [6.45, 7) is 9.08. The maximum Gasteiger partial charge on any atom is 2.00 e. The topological polar surface area (TPSA) is 133 Å². The van der Waals surface area contributed by atoms with Crippen molar-refractivity contribution in [2.24, 2.45) is 11.8 Å². The Morgan fingerprint density at radius 3 is 0.576 bits per heavy atom. The third-order valence-electron chi connectivity index (χ3n) is 17.5. The van der Waals surface area contributed by atoms with Crippen LogP contribution in [0.2, 0.25) is 0 Å². The average Bonchev–Trinajstić information content (AvgIpc) is 3.48. The zero-order chi connectivity index (χ0) is 61.7. The van der Waals surface area contributed by atoms with E-state index >= 15 is 0 Å². The molecule has 0 spiro atoms. The van der Waals surface area contributed by atoms with Crippen molar-refractivity contribution in [1.82, 2.24) is 0 Å². The van der Waals surface area contributed by atoms with Gasteiger partial charge in [0.05, 0.1) is 13.2 Å². The van der Waals surface area contributed by atoms with Gasteiger partial charge in [0.15, 0.2) is 0 Å². The first kappa shape index (κ1) is 89.7. The number of allylic oxidation sites excluding steroid dienone is 2. The van der Waals surface area contributed by atoms with Gasteiger partial charge in [-0.3, -0.25) is 8.37 Å². The summed E-state index contributed by atoms with van der Waals surface area (Å²) in [6, 6.07) is 0. The van der Waals surface area contributed by atoms with E-state index in [0.29, 0.717) is 0 Å². The SMILES string of the molecule is CCCCCCCCCCCCCCC/C=C/C(CCCCCCCCCCCCCCCCCC)COS(=O)(=O)[O-].CCCCCCCCCCCCCCC/C=C/C(CCCCCCCCCCCCCCCCCC)COS(=O)(=O)[O-].[Ca+2]. The Kier molecular flexibility index (Phi) is 79.3. The van der Waals surface area contributed by atoms with E-state index < -0.39 is 20.8 Å². The minimum atomic E-state index is -4.62. The van der Waals surface area contributed by atoms with Crippen molar-refractivity contribution in [1.29, 1.82) is 0 Å². The van der Waals surface area contributed by atoms with Crippen LogP contribution in [0.25, 0.3) is 0 Å². The van der Waals surface area contributed by atoms with Gasteiger partial charge in [0.2, 0.25) is 20.8 Å². The van der Waals surface area contributed by atoms with Crippen LogP contribution in [0.3, 0.4) is 0 Å². The van der Waals surface area contributed by atoms with E-state index in [9.17, 15) is 25.9 Å². The fraction of sp³-hybridized carbons (Fsp3) is 0.946. The molecule has 8 nitrogen and oxygen atoms in total. The van der Waals surface area contributed by atoms with Crippen molar-refractivity contribution in [3.8, 4) is 0 Å². The van der Waals surface area contributed by atoms with Gasteiger partial charge in [-0.25, -0.2) is 16.8 Å². The first-order valence-electron chi connectivity index (χ1n) is 37.5. The molecule has 0 aliphatic rings. The molecule has 504 valence electrons. The van der Waals surface area contributed by atoms with E-state index in [1.54, 1.807) is 0 Å². The van der Waals surface area contributed by atoms with E-state index in [1.807, 2.05) is 0 Å². The van der Waals surface area contributed by atoms with Crippen molar-refractivity contribution >= 4 is 58.5 Å². The minimum absolute atomic E-state index is 0. The molecule has 0 aliphatic heterocycles. The maximum absolute atomic E-state index is 11.0. The second-order valence-electron chi connectivity index (χ2n) is 26.0. The van der Waals surface area contributed by atoms with Crippen LogP contribution in [0, 0.1) is 11.8 Å². The average molecular weight is 1270 g/mol. The van der Waals surface area contributed by atoms with Crippen molar-refractivity contribution in [2.75, 3.05) is 13.2 Å². The molecule has 0 fully saturated rings. The Morgan fingerprint density at radius 2 is 0.412 bits per heavy atom. The van der Waals surface area contributed by atoms with Gasteiger partial charge in [-0.15, -0.1) is 0 Å². The molecule has 0 amide bonds. The monoisotopic (exact) mass is 1270 g/mol. The van der Waals surface area contributed by atoms with Crippen LogP contribution in [0.1, 0.15) is 426 Å². The van der Waals surface area contributed by atoms with Gasteiger partial charge in [-0.2, -0.15) is 0 Å². The molecule has 0 saturated heterocycles. The molecule has 2 unspecified atom stereocenters. The number of hydrogen-bond acceptors (Lipinski definition) is 8. The molecule has 85 heavy (non-hydrogen) atoms. The molecule has 0 bridgehead atoms. The van der Waals surface area contributed by atoms with Gasteiger partial charge < -0.3 is 9.11 Å². The Bertz CT molecular complexity index is 1410. The third kappa shape index (κ3) is 84.5. The van der Waals surface area contributed by atoms with Gasteiger partial charge >= 0.3 is 37.7 Å². The van der Waals surface area contributed by atoms with Crippen LogP contribution in [-0.4, -0.2) is 76.9 Å². The Morgan fingerprint density at radius 1 is 0.259 bits per heavy atom. The largest absolute Gasteiger partial charge is 2.00 e. The molecule has 11 heteroatoms. The van der Waals surface area contributed by atoms with Gasteiger partial charge in [-0.1, -0.05) is 412 Å². The Labute approximate surface area is 563 Å². The van der Waals surface area contributed by atoms with E-state index in [4.69, 9.17) is 0 Å². The van der Waals surface area contributed by atoms with E-state index in [2.05, 4.69) is 60.4 Å². The second kappa shape index (κ2) is 75.2. The molecule has 0 N–H and O–H groups in total. The van der Waals surface area contributed by atoms with Gasteiger partial charge in [0.1, 0.15) is 0 Å². The first-order chi connectivity index (χ1) is 41.0.